The SMILES string of the molecule is COCOc1ccc(C2CC2C(=O)NCc2ccc(C(=O)O)cc2)cc1. The maximum atomic E-state index is 12.3. The van der Waals surface area contributed by atoms with Gasteiger partial charge in [-0.15, -0.1) is 0 Å². The molecule has 1 saturated carbocycles. The van der Waals surface area contributed by atoms with Gasteiger partial charge in [0.25, 0.3) is 0 Å². The number of carbonyl (C=O) groups is 2. The number of ether oxygens (including phenoxy) is 2. The number of methoxy groups -OCH3 is 1. The van der Waals surface area contributed by atoms with Crippen LogP contribution < -0.4 is 10.1 Å². The van der Waals surface area contributed by atoms with E-state index in [9.17, 15) is 9.59 Å². The molecule has 0 radical (unpaired) electrons. The molecule has 2 atom stereocenters. The van der Waals surface area contributed by atoms with E-state index in [-0.39, 0.29) is 30.1 Å². The molecule has 0 bridgehead atoms. The number of benzene rings is 2. The van der Waals surface area contributed by atoms with Gasteiger partial charge in [0.1, 0.15) is 5.75 Å². The third-order valence-corrected chi connectivity index (χ3v) is 4.45. The van der Waals surface area contributed by atoms with Crippen molar-refractivity contribution in [1.29, 1.82) is 0 Å². The van der Waals surface area contributed by atoms with E-state index in [0.29, 0.717) is 6.54 Å². The van der Waals surface area contributed by atoms with Crippen molar-refractivity contribution in [1.82, 2.24) is 5.32 Å². The summed E-state index contributed by atoms with van der Waals surface area (Å²) in [6.45, 7) is 0.604. The number of carbonyl (C=O) groups excluding carboxylic acids is 1. The summed E-state index contributed by atoms with van der Waals surface area (Å²) < 4.78 is 10.2. The van der Waals surface area contributed by atoms with Crippen LogP contribution >= 0.6 is 0 Å². The van der Waals surface area contributed by atoms with Crippen molar-refractivity contribution in [2.24, 2.45) is 5.92 Å². The molecule has 2 N–H and O–H groups in total. The Bertz CT molecular complexity index is 770. The second kappa shape index (κ2) is 8.01. The molecule has 0 aromatic heterocycles. The molecule has 0 heterocycles. The quantitative estimate of drug-likeness (QED) is 0.711. The monoisotopic (exact) mass is 355 g/mol. The lowest BCUT2D eigenvalue weighted by molar-refractivity contribution is -0.122. The van der Waals surface area contributed by atoms with Crippen molar-refractivity contribution < 1.29 is 24.2 Å². The average molecular weight is 355 g/mol. The first-order valence-electron chi connectivity index (χ1n) is 8.40. The van der Waals surface area contributed by atoms with Gasteiger partial charge in [0, 0.05) is 19.6 Å². The number of nitrogens with one attached hydrogen (secondary N) is 1. The summed E-state index contributed by atoms with van der Waals surface area (Å²) in [5.41, 5.74) is 2.24. The Kier molecular flexibility index (Phi) is 5.53. The number of carboxylic acids is 1. The number of rotatable bonds is 8. The molecule has 1 aliphatic rings. The van der Waals surface area contributed by atoms with E-state index in [0.717, 1.165) is 23.3 Å². The lowest BCUT2D eigenvalue weighted by Crippen LogP contribution is -2.24. The maximum Gasteiger partial charge on any atom is 0.335 e. The van der Waals surface area contributed by atoms with E-state index in [1.54, 1.807) is 19.2 Å². The third kappa shape index (κ3) is 4.40. The fourth-order valence-electron chi connectivity index (χ4n) is 2.88. The molecule has 26 heavy (non-hydrogen) atoms. The van der Waals surface area contributed by atoms with Crippen LogP contribution in [0.15, 0.2) is 48.5 Å². The predicted molar refractivity (Wildman–Crippen MR) is 95.0 cm³/mol. The number of aromatic carboxylic acids is 1. The average Bonchev–Trinajstić information content (AvgIpc) is 3.46. The number of hydrogen-bond acceptors (Lipinski definition) is 4. The Morgan fingerprint density at radius 1 is 1.12 bits per heavy atom. The Morgan fingerprint density at radius 2 is 1.81 bits per heavy atom. The summed E-state index contributed by atoms with van der Waals surface area (Å²) in [5.74, 6) is 0.0269. The van der Waals surface area contributed by atoms with E-state index < -0.39 is 5.97 Å². The van der Waals surface area contributed by atoms with Gasteiger partial charge in [-0.25, -0.2) is 4.79 Å². The first-order chi connectivity index (χ1) is 12.6. The van der Waals surface area contributed by atoms with Gasteiger partial charge in [-0.2, -0.15) is 0 Å². The molecule has 2 aromatic carbocycles. The minimum Gasteiger partial charge on any atom is -0.478 e. The van der Waals surface area contributed by atoms with Crippen LogP contribution in [-0.4, -0.2) is 30.9 Å². The van der Waals surface area contributed by atoms with Gasteiger partial charge in [-0.3, -0.25) is 4.79 Å². The van der Waals surface area contributed by atoms with E-state index in [4.69, 9.17) is 14.6 Å². The van der Waals surface area contributed by atoms with E-state index in [2.05, 4.69) is 5.32 Å². The summed E-state index contributed by atoms with van der Waals surface area (Å²) in [5, 5.41) is 11.8. The van der Waals surface area contributed by atoms with Crippen LogP contribution in [0.5, 0.6) is 5.75 Å². The second-order valence-electron chi connectivity index (χ2n) is 6.29. The minimum absolute atomic E-state index is 0.0148. The summed E-state index contributed by atoms with van der Waals surface area (Å²) in [6.07, 6.45) is 0.835. The van der Waals surface area contributed by atoms with Crippen molar-refractivity contribution in [2.45, 2.75) is 18.9 Å². The first kappa shape index (κ1) is 17.9. The molecule has 6 heteroatoms. The molecule has 136 valence electrons. The highest BCUT2D eigenvalue weighted by molar-refractivity contribution is 5.87. The van der Waals surface area contributed by atoms with Crippen LogP contribution in [0, 0.1) is 5.92 Å². The maximum absolute atomic E-state index is 12.3. The smallest absolute Gasteiger partial charge is 0.335 e. The molecule has 3 rings (SSSR count). The Labute approximate surface area is 151 Å². The van der Waals surface area contributed by atoms with Crippen LogP contribution in [0.2, 0.25) is 0 Å². The van der Waals surface area contributed by atoms with Crippen LogP contribution in [0.1, 0.15) is 33.8 Å². The van der Waals surface area contributed by atoms with Crippen LogP contribution in [0.4, 0.5) is 0 Å². The zero-order chi connectivity index (χ0) is 18.5. The van der Waals surface area contributed by atoms with Gasteiger partial charge >= 0.3 is 5.97 Å². The van der Waals surface area contributed by atoms with Gasteiger partial charge in [0.15, 0.2) is 6.79 Å². The summed E-state index contributed by atoms with van der Waals surface area (Å²) in [7, 11) is 1.57. The fraction of sp³-hybridized carbons (Fsp3) is 0.300. The molecule has 1 fully saturated rings. The van der Waals surface area contributed by atoms with Crippen LogP contribution in [0.3, 0.4) is 0 Å². The number of carboxylic acid groups (broad SMARTS) is 1. The normalized spacial score (nSPS) is 18.2. The largest absolute Gasteiger partial charge is 0.478 e. The Morgan fingerprint density at radius 3 is 2.42 bits per heavy atom. The first-order valence-corrected chi connectivity index (χ1v) is 8.40. The van der Waals surface area contributed by atoms with E-state index in [1.807, 2.05) is 24.3 Å². The predicted octanol–water partition coefficient (Wildman–Crippen LogP) is 2.79. The van der Waals surface area contributed by atoms with Crippen molar-refractivity contribution in [3.05, 3.63) is 65.2 Å². The van der Waals surface area contributed by atoms with E-state index >= 15 is 0 Å². The van der Waals surface area contributed by atoms with Crippen LogP contribution in [-0.2, 0) is 16.1 Å². The molecule has 1 aliphatic carbocycles. The molecule has 0 saturated heterocycles. The summed E-state index contributed by atoms with van der Waals surface area (Å²) in [6, 6.07) is 14.2. The third-order valence-electron chi connectivity index (χ3n) is 4.45. The summed E-state index contributed by atoms with van der Waals surface area (Å²) in [4.78, 5) is 23.1. The Hall–Kier alpha value is -2.86. The van der Waals surface area contributed by atoms with Gasteiger partial charge < -0.3 is 19.9 Å². The van der Waals surface area contributed by atoms with Crippen molar-refractivity contribution in [2.75, 3.05) is 13.9 Å². The molecule has 6 nitrogen and oxygen atoms in total. The van der Waals surface area contributed by atoms with Gasteiger partial charge in [0.2, 0.25) is 5.91 Å². The van der Waals surface area contributed by atoms with Crippen LogP contribution in [0.25, 0.3) is 0 Å². The molecular weight excluding hydrogens is 334 g/mol. The highest BCUT2D eigenvalue weighted by atomic mass is 16.7. The molecule has 2 aromatic rings. The molecule has 1 amide bonds. The number of hydrogen-bond donors (Lipinski definition) is 2. The standard InChI is InChI=1S/C20H21NO5/c1-25-12-26-16-8-6-14(7-9-16)17-10-18(17)19(22)21-11-13-2-4-15(5-3-13)20(23)24/h2-9,17-18H,10-12H2,1H3,(H,21,22)(H,23,24). The highest BCUT2D eigenvalue weighted by Gasteiger charge is 2.43. The van der Waals surface area contributed by atoms with Crippen molar-refractivity contribution >= 4 is 11.9 Å². The van der Waals surface area contributed by atoms with E-state index in [1.165, 1.54) is 12.1 Å². The Balaban J connectivity index is 1.48. The molecule has 0 spiro atoms. The molecule has 2 unspecified atom stereocenters. The zero-order valence-corrected chi connectivity index (χ0v) is 14.5. The lowest BCUT2D eigenvalue weighted by atomic mass is 10.1. The zero-order valence-electron chi connectivity index (χ0n) is 14.5. The highest BCUT2D eigenvalue weighted by Crippen LogP contribution is 2.47. The van der Waals surface area contributed by atoms with Crippen molar-refractivity contribution in [3.63, 3.8) is 0 Å². The fourth-order valence-corrected chi connectivity index (χ4v) is 2.88. The lowest BCUT2D eigenvalue weighted by Gasteiger charge is -2.07. The number of amides is 1. The molecule has 0 aliphatic heterocycles. The molecular formula is C20H21NO5. The van der Waals surface area contributed by atoms with Gasteiger partial charge in [0.05, 0.1) is 5.56 Å². The summed E-state index contributed by atoms with van der Waals surface area (Å²) >= 11 is 0. The van der Waals surface area contributed by atoms with Crippen molar-refractivity contribution in [3.8, 4) is 5.75 Å². The second-order valence-corrected chi connectivity index (χ2v) is 6.29. The topological polar surface area (TPSA) is 84.9 Å². The van der Waals surface area contributed by atoms with Gasteiger partial charge in [-0.1, -0.05) is 24.3 Å². The van der Waals surface area contributed by atoms with Gasteiger partial charge in [-0.05, 0) is 47.7 Å². The minimum atomic E-state index is -0.958.